The van der Waals surface area contributed by atoms with E-state index in [1.807, 2.05) is 6.07 Å². The van der Waals surface area contributed by atoms with Crippen molar-refractivity contribution >= 4 is 12.0 Å². The largest absolute Gasteiger partial charge is 0.370 e. The molecule has 0 spiro atoms. The first kappa shape index (κ1) is 17.4. The first-order chi connectivity index (χ1) is 11.0. The van der Waals surface area contributed by atoms with Crippen LogP contribution < -0.4 is 11.5 Å². The lowest BCUT2D eigenvalue weighted by atomic mass is 9.97. The van der Waals surface area contributed by atoms with Crippen LogP contribution in [0.5, 0.6) is 0 Å². The van der Waals surface area contributed by atoms with Crippen molar-refractivity contribution in [2.45, 2.75) is 20.5 Å². The van der Waals surface area contributed by atoms with Gasteiger partial charge < -0.3 is 16.4 Å². The fourth-order valence-electron chi connectivity index (χ4n) is 2.70. The molecule has 0 saturated heterocycles. The van der Waals surface area contributed by atoms with Crippen LogP contribution in [0.1, 0.15) is 18.6 Å². The van der Waals surface area contributed by atoms with Crippen molar-refractivity contribution in [2.75, 3.05) is 0 Å². The predicted molar refractivity (Wildman–Crippen MR) is 89.0 cm³/mol. The second kappa shape index (κ2) is 6.66. The van der Waals surface area contributed by atoms with Crippen LogP contribution in [0, 0.1) is 11.6 Å². The number of nitrogens with two attached hydrogens (primary N) is 2. The van der Waals surface area contributed by atoms with Gasteiger partial charge in [0.2, 0.25) is 0 Å². The second-order valence-electron chi connectivity index (χ2n) is 5.24. The number of aliphatic imine (C=N–C) groups is 1. The molecular formula is C17H18F2N4O. The molecule has 2 amide bonds. The van der Waals surface area contributed by atoms with E-state index in [1.165, 1.54) is 17.0 Å². The highest BCUT2D eigenvalue weighted by atomic mass is 19.1. The summed E-state index contributed by atoms with van der Waals surface area (Å²) in [7, 11) is 0. The molecule has 2 aromatic rings. The minimum Gasteiger partial charge on any atom is -0.370 e. The summed E-state index contributed by atoms with van der Waals surface area (Å²) in [5.41, 5.74) is 13.0. The Morgan fingerprint density at radius 1 is 1.08 bits per heavy atom. The Bertz CT molecular complexity index is 816. The van der Waals surface area contributed by atoms with Gasteiger partial charge in [-0.2, -0.15) is 4.99 Å². The van der Waals surface area contributed by atoms with Gasteiger partial charge in [0.05, 0.1) is 0 Å². The molecule has 4 N–H and O–H groups in total. The maximum atomic E-state index is 14.1. The van der Waals surface area contributed by atoms with E-state index in [-0.39, 0.29) is 19.9 Å². The van der Waals surface area contributed by atoms with Crippen molar-refractivity contribution < 1.29 is 13.6 Å². The molecular weight excluding hydrogens is 314 g/mol. The Balaban J connectivity index is 0.00000208. The maximum absolute atomic E-state index is 14.1. The zero-order valence-electron chi connectivity index (χ0n) is 12.1. The fourth-order valence-corrected chi connectivity index (χ4v) is 2.70. The molecule has 126 valence electrons. The van der Waals surface area contributed by atoms with Gasteiger partial charge >= 0.3 is 6.03 Å². The molecule has 2 aromatic carbocycles. The zero-order chi connectivity index (χ0) is 16.6. The normalized spacial score (nSPS) is 12.3. The highest BCUT2D eigenvalue weighted by molar-refractivity contribution is 5.91. The summed E-state index contributed by atoms with van der Waals surface area (Å²) < 4.78 is 27.2. The van der Waals surface area contributed by atoms with Crippen LogP contribution in [-0.4, -0.2) is 16.9 Å². The van der Waals surface area contributed by atoms with Gasteiger partial charge in [-0.3, -0.25) is 0 Å². The molecule has 0 atom stereocenters. The van der Waals surface area contributed by atoms with Crippen LogP contribution in [0.4, 0.5) is 13.6 Å². The SMILES string of the molecule is C.NC(N)=NC(=O)N1Cc2cccc(-c3ccc(F)cc3F)c2C1. The van der Waals surface area contributed by atoms with E-state index >= 15 is 0 Å². The monoisotopic (exact) mass is 332 g/mol. The Morgan fingerprint density at radius 3 is 2.50 bits per heavy atom. The highest BCUT2D eigenvalue weighted by Gasteiger charge is 2.26. The lowest BCUT2D eigenvalue weighted by molar-refractivity contribution is 0.209. The molecule has 0 aliphatic carbocycles. The molecule has 1 aliphatic rings. The Morgan fingerprint density at radius 2 is 1.83 bits per heavy atom. The van der Waals surface area contributed by atoms with Crippen LogP contribution >= 0.6 is 0 Å². The number of nitrogens with zero attached hydrogens (tertiary/aromatic N) is 2. The minimum atomic E-state index is -0.646. The topological polar surface area (TPSA) is 84.7 Å². The van der Waals surface area contributed by atoms with Gasteiger partial charge in [-0.05, 0) is 28.8 Å². The van der Waals surface area contributed by atoms with Gasteiger partial charge in [0, 0.05) is 24.7 Å². The summed E-state index contributed by atoms with van der Waals surface area (Å²) in [5, 5.41) is 0. The van der Waals surface area contributed by atoms with Crippen molar-refractivity contribution in [3.63, 3.8) is 0 Å². The fraction of sp³-hybridized carbons (Fsp3) is 0.176. The molecule has 1 heterocycles. The molecule has 5 nitrogen and oxygen atoms in total. The molecule has 0 fully saturated rings. The van der Waals surface area contributed by atoms with Crippen LogP contribution in [0.15, 0.2) is 41.4 Å². The number of hydrogen-bond acceptors (Lipinski definition) is 1. The third-order valence-corrected chi connectivity index (χ3v) is 3.70. The van der Waals surface area contributed by atoms with E-state index in [9.17, 15) is 13.6 Å². The first-order valence-electron chi connectivity index (χ1n) is 6.90. The summed E-state index contributed by atoms with van der Waals surface area (Å²) >= 11 is 0. The van der Waals surface area contributed by atoms with Gasteiger partial charge in [-0.15, -0.1) is 0 Å². The average Bonchev–Trinajstić information content (AvgIpc) is 2.91. The standard InChI is InChI=1S/C16H14F2N4O.CH4/c17-10-4-5-12(14(18)6-10)11-3-1-2-9-7-22(8-13(9)11)16(23)21-15(19)20;/h1-6H,7-8H2,(H4,19,20,21,23);1H4. The quantitative estimate of drug-likeness (QED) is 0.622. The summed E-state index contributed by atoms with van der Waals surface area (Å²) in [4.78, 5) is 16.9. The van der Waals surface area contributed by atoms with E-state index in [0.29, 0.717) is 17.7 Å². The lowest BCUT2D eigenvalue weighted by Gasteiger charge is -2.12. The number of rotatable bonds is 1. The van der Waals surface area contributed by atoms with Gasteiger partial charge in [0.1, 0.15) is 11.6 Å². The maximum Gasteiger partial charge on any atom is 0.347 e. The van der Waals surface area contributed by atoms with Crippen LogP contribution in [-0.2, 0) is 13.1 Å². The molecule has 1 aliphatic heterocycles. The number of amides is 2. The lowest BCUT2D eigenvalue weighted by Crippen LogP contribution is -2.29. The number of carbonyl (C=O) groups excluding carboxylic acids is 1. The third kappa shape index (κ3) is 3.19. The van der Waals surface area contributed by atoms with Crippen LogP contribution in [0.25, 0.3) is 11.1 Å². The summed E-state index contributed by atoms with van der Waals surface area (Å²) in [6.07, 6.45) is 0. The van der Waals surface area contributed by atoms with Crippen molar-refractivity contribution in [1.82, 2.24) is 4.90 Å². The number of fused-ring (bicyclic) bond motifs is 1. The predicted octanol–water partition coefficient (Wildman–Crippen LogP) is 2.98. The Hall–Kier alpha value is -2.96. The van der Waals surface area contributed by atoms with E-state index < -0.39 is 17.7 Å². The van der Waals surface area contributed by atoms with Crippen LogP contribution in [0.2, 0.25) is 0 Å². The number of halogens is 2. The third-order valence-electron chi connectivity index (χ3n) is 3.70. The van der Waals surface area contributed by atoms with E-state index in [1.54, 1.807) is 12.1 Å². The number of urea groups is 1. The molecule has 0 radical (unpaired) electrons. The van der Waals surface area contributed by atoms with E-state index in [0.717, 1.165) is 17.2 Å². The van der Waals surface area contributed by atoms with Crippen molar-refractivity contribution in [3.8, 4) is 11.1 Å². The second-order valence-corrected chi connectivity index (χ2v) is 5.24. The Labute approximate surface area is 138 Å². The van der Waals surface area contributed by atoms with Crippen molar-refractivity contribution in [1.29, 1.82) is 0 Å². The first-order valence-corrected chi connectivity index (χ1v) is 6.90. The average molecular weight is 332 g/mol. The number of benzene rings is 2. The molecule has 0 unspecified atom stereocenters. The minimum absolute atomic E-state index is 0. The Kier molecular flexibility index (Phi) is 4.82. The summed E-state index contributed by atoms with van der Waals surface area (Å²) in [5.74, 6) is -1.59. The summed E-state index contributed by atoms with van der Waals surface area (Å²) in [6, 6.07) is 8.24. The molecule has 7 heteroatoms. The molecule has 3 rings (SSSR count). The van der Waals surface area contributed by atoms with Crippen molar-refractivity contribution in [3.05, 3.63) is 59.2 Å². The van der Waals surface area contributed by atoms with Gasteiger partial charge in [-0.1, -0.05) is 25.6 Å². The molecule has 0 bridgehead atoms. The summed E-state index contributed by atoms with van der Waals surface area (Å²) in [6.45, 7) is 0.597. The number of hydrogen-bond donors (Lipinski definition) is 2. The van der Waals surface area contributed by atoms with E-state index in [4.69, 9.17) is 11.5 Å². The van der Waals surface area contributed by atoms with Gasteiger partial charge in [0.25, 0.3) is 0 Å². The van der Waals surface area contributed by atoms with Gasteiger partial charge in [-0.25, -0.2) is 13.6 Å². The molecule has 24 heavy (non-hydrogen) atoms. The molecule has 0 aromatic heterocycles. The van der Waals surface area contributed by atoms with Crippen LogP contribution in [0.3, 0.4) is 0 Å². The van der Waals surface area contributed by atoms with E-state index in [2.05, 4.69) is 4.99 Å². The number of guanidine groups is 1. The van der Waals surface area contributed by atoms with Gasteiger partial charge in [0.15, 0.2) is 5.96 Å². The zero-order valence-corrected chi connectivity index (χ0v) is 12.1. The van der Waals surface area contributed by atoms with Crippen molar-refractivity contribution in [2.24, 2.45) is 16.5 Å². The molecule has 0 saturated carbocycles. The highest BCUT2D eigenvalue weighted by Crippen LogP contribution is 2.34. The smallest absolute Gasteiger partial charge is 0.347 e. The number of carbonyl (C=O) groups is 1.